The summed E-state index contributed by atoms with van der Waals surface area (Å²) in [6, 6.07) is 0. The molecule has 0 fully saturated rings. The molecule has 836 valence electrons. The van der Waals surface area contributed by atoms with E-state index in [1.54, 1.807) is 0 Å². The minimum absolute atomic E-state index is 0.0199. The molecular weight excluding hydrogens is 2010 g/mol. The van der Waals surface area contributed by atoms with E-state index in [0.717, 1.165) is 246 Å². The van der Waals surface area contributed by atoms with Crippen LogP contribution in [-0.4, -0.2) is 155 Å². The Bertz CT molecular complexity index is 4940. The lowest BCUT2D eigenvalue weighted by atomic mass is 9.91. The molecule has 6 aromatic rings. The molecule has 12 heterocycles. The van der Waals surface area contributed by atoms with Crippen molar-refractivity contribution in [3.05, 3.63) is 9.75 Å². The summed E-state index contributed by atoms with van der Waals surface area (Å²) in [4.78, 5) is 97.4. The second kappa shape index (κ2) is 63.0. The maximum atomic E-state index is 15.1. The summed E-state index contributed by atoms with van der Waals surface area (Å²) in [6.07, 6.45) is 45.0. The first-order valence-corrected chi connectivity index (χ1v) is 63.1. The van der Waals surface area contributed by atoms with Crippen LogP contribution >= 0.6 is 68.0 Å². The molecule has 30 heteroatoms. The molecular formula is C119H180O24S6. The summed E-state index contributed by atoms with van der Waals surface area (Å²) in [6.45, 7) is 30.0. The maximum absolute atomic E-state index is 15.1. The highest BCUT2D eigenvalue weighted by Gasteiger charge is 2.50. The molecule has 0 radical (unpaired) electrons. The molecule has 0 saturated heterocycles. The van der Waals surface area contributed by atoms with Crippen molar-refractivity contribution in [2.24, 2.45) is 51.8 Å². The van der Waals surface area contributed by atoms with Crippen molar-refractivity contribution in [1.29, 1.82) is 0 Å². The number of thiophene rings is 6. The highest BCUT2D eigenvalue weighted by atomic mass is 32.1. The summed E-state index contributed by atoms with van der Waals surface area (Å²) < 4.78 is 125. The quantitative estimate of drug-likeness (QED) is 0.0195. The van der Waals surface area contributed by atoms with E-state index < -0.39 is 16.2 Å². The van der Waals surface area contributed by atoms with Crippen LogP contribution in [-0.2, 0) is 57.2 Å². The van der Waals surface area contributed by atoms with E-state index in [1.165, 1.54) is 93.7 Å². The van der Waals surface area contributed by atoms with Gasteiger partial charge in [-0.3, -0.25) is 28.8 Å². The van der Waals surface area contributed by atoms with Crippen molar-refractivity contribution in [1.82, 2.24) is 0 Å². The van der Waals surface area contributed by atoms with Gasteiger partial charge >= 0.3 is 35.8 Å². The van der Waals surface area contributed by atoms with Gasteiger partial charge in [-0.05, 0) is 90.9 Å². The Labute approximate surface area is 914 Å². The first-order valence-electron chi connectivity index (χ1n) is 58.2. The molecule has 0 aromatic carbocycles. The van der Waals surface area contributed by atoms with E-state index in [2.05, 4.69) is 69.2 Å². The van der Waals surface area contributed by atoms with Crippen LogP contribution in [0.5, 0.6) is 69.0 Å². The maximum Gasteiger partial charge on any atom is 0.308 e. The highest BCUT2D eigenvalue weighted by molar-refractivity contribution is 7.32. The summed E-state index contributed by atoms with van der Waals surface area (Å²) in [5.41, 5.74) is -3.62. The zero-order chi connectivity index (χ0) is 106. The predicted molar refractivity (Wildman–Crippen MR) is 600 cm³/mol. The van der Waals surface area contributed by atoms with E-state index in [0.29, 0.717) is 177 Å². The molecule has 0 N–H and O–H groups in total. The van der Waals surface area contributed by atoms with Gasteiger partial charge < -0.3 is 85.3 Å². The Morgan fingerprint density at radius 1 is 0.201 bits per heavy atom. The fourth-order valence-electron chi connectivity index (χ4n) is 20.7. The number of hydrogen-bond donors (Lipinski definition) is 0. The van der Waals surface area contributed by atoms with Crippen LogP contribution in [0.25, 0.3) is 48.8 Å². The molecule has 6 atom stereocenters. The molecule has 0 aliphatic carbocycles. The number of esters is 6. The summed E-state index contributed by atoms with van der Waals surface area (Å²) in [7, 11) is 0. The lowest BCUT2D eigenvalue weighted by molar-refractivity contribution is -0.164. The number of fused-ring (bicyclic) bond motifs is 6. The first kappa shape index (κ1) is 120. The van der Waals surface area contributed by atoms with Gasteiger partial charge in [0.25, 0.3) is 0 Å². The minimum atomic E-state index is -1.28. The van der Waals surface area contributed by atoms with Gasteiger partial charge in [-0.2, -0.15) is 0 Å². The van der Waals surface area contributed by atoms with Crippen molar-refractivity contribution in [3.8, 4) is 118 Å². The summed E-state index contributed by atoms with van der Waals surface area (Å²) in [5.74, 6) is 1.88. The number of ether oxygens (including phenoxy) is 18. The van der Waals surface area contributed by atoms with Crippen LogP contribution < -0.4 is 56.8 Å². The van der Waals surface area contributed by atoms with Gasteiger partial charge in [0.2, 0.25) is 0 Å². The number of unbranched alkanes of at least 4 members (excludes halogenated alkanes) is 26. The summed E-state index contributed by atoms with van der Waals surface area (Å²) in [5, 5.41) is 0. The Morgan fingerprint density at radius 2 is 0.356 bits per heavy atom. The third-order valence-corrected chi connectivity index (χ3v) is 37.9. The van der Waals surface area contributed by atoms with Crippen LogP contribution in [0.3, 0.4) is 0 Å². The smallest absolute Gasteiger partial charge is 0.308 e. The zero-order valence-electron chi connectivity index (χ0n) is 92.9. The van der Waals surface area contributed by atoms with Crippen LogP contribution in [0, 0.1) is 65.6 Å². The van der Waals surface area contributed by atoms with E-state index in [4.69, 9.17) is 85.3 Å². The zero-order valence-corrected chi connectivity index (χ0v) is 97.8. The van der Waals surface area contributed by atoms with Crippen molar-refractivity contribution in [2.45, 2.75) is 405 Å². The van der Waals surface area contributed by atoms with Gasteiger partial charge in [0, 0.05) is 9.75 Å². The monoisotopic (exact) mass is 2190 g/mol. The number of carbonyl (C=O) groups is 6. The standard InChI is InChI=1S/C119H180O24S6/c1-15-27-37-43-45-51-61-87(59-49-41-31-19-5)115(124)142-77-117(78-143-116(125)88(60-50-42-32-20-6)62-52-46-44-38-28-16-2)69-132-90-82(14)145-102(92(90)133-70-117)103-93-94(129-66-65-128-93)104(146-103)109-99-100(137-74-119(73-136-99,79-140-113(122)85(55-35-23-9)57-47-39-29-17-3)80-141-114(123)86(56-36-24-10)58-48-40-30-18-4)110(149-109)106-96-95(130-67-68-131-96)105(147-106)108-98-97(107(148-108)101-91-89(81(13)144-101)126-63-64-127-91)134-71-118(72-135-98,75-138-111(120)83(25-11)53-33-21-7)76-139-112(121)84(26-12)54-34-22-8/h83-88H,15-80H2,1-14H3. The third kappa shape index (κ3) is 33.1. The average molecular weight is 2190 g/mol. The molecule has 0 saturated carbocycles. The first-order chi connectivity index (χ1) is 72.7. The van der Waals surface area contributed by atoms with Gasteiger partial charge in [-0.1, -0.05) is 314 Å². The highest BCUT2D eigenvalue weighted by Crippen LogP contribution is 2.69. The normalized spacial score (nSPS) is 18.2. The van der Waals surface area contributed by atoms with Gasteiger partial charge in [-0.15, -0.1) is 68.0 Å². The molecule has 6 unspecified atom stereocenters. The van der Waals surface area contributed by atoms with E-state index in [9.17, 15) is 9.59 Å². The van der Waals surface area contributed by atoms with Crippen LogP contribution in [0.1, 0.15) is 401 Å². The van der Waals surface area contributed by atoms with Gasteiger partial charge in [-0.25, -0.2) is 0 Å². The average Bonchev–Trinajstić information content (AvgIpc) is 1.56. The minimum Gasteiger partial charge on any atom is -0.488 e. The van der Waals surface area contributed by atoms with E-state index in [1.807, 2.05) is 27.7 Å². The largest absolute Gasteiger partial charge is 0.488 e. The molecule has 12 rings (SSSR count). The molecule has 0 spiro atoms. The van der Waals surface area contributed by atoms with Gasteiger partial charge in [0.1, 0.15) is 135 Å². The van der Waals surface area contributed by atoms with Crippen molar-refractivity contribution in [3.63, 3.8) is 0 Å². The second-order valence-corrected chi connectivity index (χ2v) is 49.5. The molecule has 6 aliphatic rings. The number of carbonyl (C=O) groups excluding carboxylic acids is 6. The number of aryl methyl sites for hydroxylation is 2. The van der Waals surface area contributed by atoms with Crippen molar-refractivity contribution in [2.75, 3.05) is 119 Å². The van der Waals surface area contributed by atoms with E-state index in [-0.39, 0.29) is 177 Å². The Balaban J connectivity index is 1.00. The van der Waals surface area contributed by atoms with Gasteiger partial charge in [0.15, 0.2) is 69.0 Å². The number of rotatable bonds is 71. The van der Waals surface area contributed by atoms with E-state index >= 15 is 19.2 Å². The third-order valence-electron chi connectivity index (χ3n) is 30.3. The number of hydrogen-bond acceptors (Lipinski definition) is 30. The van der Waals surface area contributed by atoms with Crippen LogP contribution in [0.15, 0.2) is 0 Å². The second-order valence-electron chi connectivity index (χ2n) is 43.0. The Hall–Kier alpha value is -7.38. The molecule has 6 aliphatic heterocycles. The Kier molecular flexibility index (Phi) is 50.8. The SMILES string of the molecule is CCCCCCCCC(CCCCCC)C(=O)OCC1(COC(=O)C(CCCCCC)CCCCCCCC)COc2c(C)sc(-c3sc(-c4sc(-c5sc(-c6sc(-c7sc(C)c8c7OCCO8)c7c6OCC(COC(=O)C(CC)CCCC)(COC(=O)C(CC)CCCC)CO7)c6c5OCCO6)c5c4OCC(COC(=O)C(CCCC)CCCCCC)(COC(=O)C(CCCC)CCCCCC)CO5)c4c3OCCO4)c2OC1. The predicted octanol–water partition coefficient (Wildman–Crippen LogP) is 32.5. The molecule has 0 bridgehead atoms. The topological polar surface area (TPSA) is 269 Å². The van der Waals surface area contributed by atoms with Crippen molar-refractivity contribution < 1.29 is 114 Å². The Morgan fingerprint density at radius 3 is 0.584 bits per heavy atom. The molecule has 6 aromatic heterocycles. The lowest BCUT2D eigenvalue weighted by Crippen LogP contribution is -2.44. The molecule has 0 amide bonds. The van der Waals surface area contributed by atoms with Crippen LogP contribution in [0.2, 0.25) is 0 Å². The van der Waals surface area contributed by atoms with Gasteiger partial charge in [0.05, 0.1) is 84.3 Å². The van der Waals surface area contributed by atoms with Crippen LogP contribution in [0.4, 0.5) is 0 Å². The molecule has 149 heavy (non-hydrogen) atoms. The van der Waals surface area contributed by atoms with Crippen molar-refractivity contribution >= 4 is 104 Å². The fraction of sp³-hybridized carbons (Fsp3) is 0.748. The fourth-order valence-corrected chi connectivity index (χ4v) is 28.2. The molecule has 24 nitrogen and oxygen atoms in total. The summed E-state index contributed by atoms with van der Waals surface area (Å²) >= 11 is 8.81. The lowest BCUT2D eigenvalue weighted by Gasteiger charge is -2.31.